The third-order valence-corrected chi connectivity index (χ3v) is 9.89. The van der Waals surface area contributed by atoms with E-state index in [1.165, 1.54) is 0 Å². The number of likely N-dealkylation sites (N-methyl/N-ethyl adjacent to an activating group) is 1. The quantitative estimate of drug-likeness (QED) is 0.192. The van der Waals surface area contributed by atoms with Gasteiger partial charge in [-0.15, -0.1) is 0 Å². The summed E-state index contributed by atoms with van der Waals surface area (Å²) in [6.07, 6.45) is 3.19. The average molecular weight is 687 g/mol. The summed E-state index contributed by atoms with van der Waals surface area (Å²) in [5.41, 5.74) is 4.17. The minimum absolute atomic E-state index is 0.00242. The van der Waals surface area contributed by atoms with Crippen molar-refractivity contribution in [2.24, 2.45) is 7.05 Å². The van der Waals surface area contributed by atoms with Crippen molar-refractivity contribution in [3.8, 4) is 22.8 Å². The van der Waals surface area contributed by atoms with Gasteiger partial charge in [-0.1, -0.05) is 26.0 Å². The van der Waals surface area contributed by atoms with Crippen molar-refractivity contribution < 1.29 is 22.7 Å². The van der Waals surface area contributed by atoms with E-state index in [9.17, 15) is 18.0 Å². The molecule has 1 saturated heterocycles. The molecule has 6 heterocycles. The molecule has 5 aromatic rings. The predicted molar refractivity (Wildman–Crippen MR) is 184 cm³/mol. The van der Waals surface area contributed by atoms with Gasteiger partial charge in [-0.25, -0.2) is 4.98 Å². The highest BCUT2D eigenvalue weighted by molar-refractivity contribution is 5.88. The summed E-state index contributed by atoms with van der Waals surface area (Å²) in [4.78, 5) is 32.3. The second-order valence-corrected chi connectivity index (χ2v) is 13.2. The number of nitrogens with zero attached hydrogens (tertiary/aromatic N) is 7. The number of benzene rings is 1. The zero-order valence-corrected chi connectivity index (χ0v) is 28.5. The lowest BCUT2D eigenvalue weighted by Gasteiger charge is -2.34. The van der Waals surface area contributed by atoms with Gasteiger partial charge in [0.2, 0.25) is 5.91 Å². The molecule has 0 aliphatic carbocycles. The van der Waals surface area contributed by atoms with Crippen molar-refractivity contribution in [2.75, 3.05) is 39.3 Å². The van der Waals surface area contributed by atoms with Crippen LogP contribution in [0.25, 0.3) is 22.3 Å². The van der Waals surface area contributed by atoms with E-state index in [1.54, 1.807) is 46.4 Å². The first kappa shape index (κ1) is 33.7. The summed E-state index contributed by atoms with van der Waals surface area (Å²) in [6.45, 7) is 9.22. The monoisotopic (exact) mass is 686 g/mol. The lowest BCUT2D eigenvalue weighted by Crippen LogP contribution is -2.45. The Hall–Kier alpha value is -4.75. The first-order valence-electron chi connectivity index (χ1n) is 17.1. The van der Waals surface area contributed by atoms with E-state index >= 15 is 0 Å². The number of H-pyrrole nitrogens is 1. The Morgan fingerprint density at radius 3 is 2.54 bits per heavy atom. The number of carbonyl (C=O) groups excluding carboxylic acids is 1. The molecule has 1 unspecified atom stereocenters. The summed E-state index contributed by atoms with van der Waals surface area (Å²) in [5, 5.41) is 5.05. The smallest absolute Gasteiger partial charge is 0.416 e. The van der Waals surface area contributed by atoms with E-state index in [1.807, 2.05) is 32.3 Å². The van der Waals surface area contributed by atoms with E-state index in [-0.39, 0.29) is 30.4 Å². The fourth-order valence-electron chi connectivity index (χ4n) is 7.04. The predicted octanol–water partition coefficient (Wildman–Crippen LogP) is 6.39. The van der Waals surface area contributed by atoms with Crippen LogP contribution in [0.2, 0.25) is 0 Å². The summed E-state index contributed by atoms with van der Waals surface area (Å²) in [7, 11) is 1.86. The molecule has 2 aliphatic heterocycles. The van der Waals surface area contributed by atoms with Crippen molar-refractivity contribution in [1.82, 2.24) is 39.4 Å². The van der Waals surface area contributed by atoms with Crippen molar-refractivity contribution in [3.63, 3.8) is 0 Å². The number of aryl methyl sites for hydroxylation is 1. The van der Waals surface area contributed by atoms with Crippen LogP contribution in [0.4, 0.5) is 13.2 Å². The molecule has 1 atom stereocenters. The molecule has 0 saturated carbocycles. The van der Waals surface area contributed by atoms with Gasteiger partial charge in [-0.05, 0) is 53.9 Å². The zero-order valence-electron chi connectivity index (χ0n) is 28.5. The number of hydrogen-bond acceptors (Lipinski definition) is 7. The average Bonchev–Trinajstić information content (AvgIpc) is 3.75. The van der Waals surface area contributed by atoms with E-state index in [0.717, 1.165) is 73.1 Å². The number of piperazine rings is 1. The van der Waals surface area contributed by atoms with E-state index < -0.39 is 11.7 Å². The van der Waals surface area contributed by atoms with Gasteiger partial charge in [0, 0.05) is 76.7 Å². The van der Waals surface area contributed by atoms with Crippen LogP contribution in [-0.2, 0) is 37.5 Å². The lowest BCUT2D eigenvalue weighted by atomic mass is 9.92. The SMILES string of the molecule is CCC1CN(C(=O)Cc2ccc(CN3CCN(CC)CC3)c(C(F)(F)F)c2)Cc2cc(Oc3ccnc4[nH]c(-c5cnn(C)c5)cc34)cnc21. The Morgan fingerprint density at radius 1 is 1.02 bits per heavy atom. The highest BCUT2D eigenvalue weighted by Gasteiger charge is 2.35. The molecule has 0 radical (unpaired) electrons. The van der Waals surface area contributed by atoms with E-state index in [2.05, 4.69) is 31.8 Å². The summed E-state index contributed by atoms with van der Waals surface area (Å²) in [6, 6.07) is 10.0. The number of alkyl halides is 3. The summed E-state index contributed by atoms with van der Waals surface area (Å²) >= 11 is 0. The molecular formula is C37H41F3N8O2. The number of halogens is 3. The third kappa shape index (κ3) is 7.10. The van der Waals surface area contributed by atoms with Crippen LogP contribution in [0.1, 0.15) is 54.1 Å². The fourth-order valence-corrected chi connectivity index (χ4v) is 7.04. The zero-order chi connectivity index (χ0) is 35.0. The molecule has 7 rings (SSSR count). The Balaban J connectivity index is 1.07. The maximum absolute atomic E-state index is 14.3. The minimum atomic E-state index is -4.51. The number of hydrogen-bond donors (Lipinski definition) is 1. The largest absolute Gasteiger partial charge is 0.455 e. The molecule has 50 heavy (non-hydrogen) atoms. The Bertz CT molecular complexity index is 2000. The minimum Gasteiger partial charge on any atom is -0.455 e. The highest BCUT2D eigenvalue weighted by Crippen LogP contribution is 2.37. The number of aromatic nitrogens is 5. The van der Waals surface area contributed by atoms with Gasteiger partial charge in [-0.2, -0.15) is 18.3 Å². The number of aromatic amines is 1. The number of pyridine rings is 2. The second-order valence-electron chi connectivity index (χ2n) is 13.2. The fraction of sp³-hybridized carbons (Fsp3) is 0.405. The number of nitrogens with one attached hydrogen (secondary N) is 1. The number of rotatable bonds is 9. The lowest BCUT2D eigenvalue weighted by molar-refractivity contribution is -0.139. The van der Waals surface area contributed by atoms with Crippen molar-refractivity contribution in [2.45, 2.75) is 51.9 Å². The van der Waals surface area contributed by atoms with Gasteiger partial charge in [0.05, 0.1) is 41.2 Å². The van der Waals surface area contributed by atoms with Crippen LogP contribution >= 0.6 is 0 Å². The van der Waals surface area contributed by atoms with Crippen LogP contribution in [0, 0.1) is 0 Å². The van der Waals surface area contributed by atoms with E-state index in [4.69, 9.17) is 9.72 Å². The number of ether oxygens (including phenoxy) is 1. The molecule has 4 aromatic heterocycles. The standard InChI is InChI=1S/C37H41F3N8O2/c1-4-25-22-48(34(49)15-24-6-7-26(31(14-24)37(38,39)40)21-47-12-10-46(5-2)11-13-47)23-27-16-29(19-42-35(25)27)50-33-8-9-41-36-30(33)17-32(44-36)28-18-43-45(3)20-28/h6-9,14,16-20,25H,4-5,10-13,15,21-23H2,1-3H3,(H,41,44). The molecular weight excluding hydrogens is 645 g/mol. The first-order chi connectivity index (χ1) is 24.1. The van der Waals surface area contributed by atoms with Gasteiger partial charge >= 0.3 is 6.18 Å². The van der Waals surface area contributed by atoms with Gasteiger partial charge < -0.3 is 19.5 Å². The van der Waals surface area contributed by atoms with E-state index in [0.29, 0.717) is 35.8 Å². The summed E-state index contributed by atoms with van der Waals surface area (Å²) in [5.74, 6) is 0.901. The first-order valence-corrected chi connectivity index (χ1v) is 17.1. The second kappa shape index (κ2) is 13.9. The molecule has 1 fully saturated rings. The maximum Gasteiger partial charge on any atom is 0.416 e. The Labute approximate surface area is 288 Å². The molecule has 1 aromatic carbocycles. The van der Waals surface area contributed by atoms with Crippen LogP contribution in [0.15, 0.2) is 61.2 Å². The molecule has 10 nitrogen and oxygen atoms in total. The van der Waals surface area contributed by atoms with Gasteiger partial charge in [-0.3, -0.25) is 19.4 Å². The molecule has 0 bridgehead atoms. The van der Waals surface area contributed by atoms with Gasteiger partial charge in [0.15, 0.2) is 0 Å². The van der Waals surface area contributed by atoms with Crippen molar-refractivity contribution in [1.29, 1.82) is 0 Å². The van der Waals surface area contributed by atoms with Crippen molar-refractivity contribution >= 4 is 16.9 Å². The van der Waals surface area contributed by atoms with Gasteiger partial charge in [0.1, 0.15) is 17.1 Å². The van der Waals surface area contributed by atoms with Crippen LogP contribution in [0.5, 0.6) is 11.5 Å². The number of fused-ring (bicyclic) bond motifs is 2. The highest BCUT2D eigenvalue weighted by atomic mass is 19.4. The summed E-state index contributed by atoms with van der Waals surface area (Å²) < 4.78 is 50.9. The molecule has 262 valence electrons. The topological polar surface area (TPSA) is 95.4 Å². The Kier molecular flexibility index (Phi) is 9.36. The molecule has 0 spiro atoms. The van der Waals surface area contributed by atoms with Crippen LogP contribution in [0.3, 0.4) is 0 Å². The van der Waals surface area contributed by atoms with Crippen LogP contribution in [-0.4, -0.2) is 84.6 Å². The molecule has 13 heteroatoms. The maximum atomic E-state index is 14.3. The van der Waals surface area contributed by atoms with Crippen LogP contribution < -0.4 is 4.74 Å². The van der Waals surface area contributed by atoms with Crippen molar-refractivity contribution in [3.05, 3.63) is 89.1 Å². The normalized spacial score (nSPS) is 17.3. The molecule has 2 aliphatic rings. The van der Waals surface area contributed by atoms with Gasteiger partial charge in [0.25, 0.3) is 0 Å². The number of amides is 1. The Morgan fingerprint density at radius 2 is 1.82 bits per heavy atom. The third-order valence-electron chi connectivity index (χ3n) is 9.89. The molecule has 1 amide bonds. The molecule has 1 N–H and O–H groups in total. The number of carbonyl (C=O) groups is 1.